The zero-order valence-corrected chi connectivity index (χ0v) is 15.0. The molecule has 4 unspecified atom stereocenters. The van der Waals surface area contributed by atoms with Crippen molar-refractivity contribution in [2.45, 2.75) is 76.4 Å². The Labute approximate surface area is 145 Å². The van der Waals surface area contributed by atoms with Crippen molar-refractivity contribution in [3.63, 3.8) is 0 Å². The lowest BCUT2D eigenvalue weighted by Crippen LogP contribution is -2.41. The Kier molecular flexibility index (Phi) is 4.38. The number of rotatable bonds is 3. The van der Waals surface area contributed by atoms with Gasteiger partial charge in [0.1, 0.15) is 0 Å². The third-order valence-electron chi connectivity index (χ3n) is 6.56. The lowest BCUT2D eigenvalue weighted by Gasteiger charge is -2.31. The zero-order chi connectivity index (χ0) is 16.7. The maximum absolute atomic E-state index is 12.9. The van der Waals surface area contributed by atoms with E-state index in [1.165, 1.54) is 36.8 Å². The summed E-state index contributed by atoms with van der Waals surface area (Å²) in [6, 6.07) is 10.4. The number of piperidine rings is 1. The first-order valence-electron chi connectivity index (χ1n) is 9.71. The summed E-state index contributed by atoms with van der Waals surface area (Å²) in [5, 5.41) is 3.68. The quantitative estimate of drug-likeness (QED) is 0.920. The Balaban J connectivity index is 1.39. The van der Waals surface area contributed by atoms with E-state index in [1.807, 2.05) is 0 Å². The molecule has 1 aromatic rings. The average Bonchev–Trinajstić information content (AvgIpc) is 3.10. The first-order valence-corrected chi connectivity index (χ1v) is 9.71. The molecule has 4 rings (SSSR count). The summed E-state index contributed by atoms with van der Waals surface area (Å²) in [4.78, 5) is 15.1. The Bertz CT molecular complexity index is 602. The number of nitrogens with one attached hydrogen (secondary N) is 1. The van der Waals surface area contributed by atoms with Gasteiger partial charge in [0.2, 0.25) is 5.91 Å². The van der Waals surface area contributed by atoms with Crippen molar-refractivity contribution in [3.05, 3.63) is 35.4 Å². The van der Waals surface area contributed by atoms with Gasteiger partial charge in [-0.05, 0) is 63.0 Å². The van der Waals surface area contributed by atoms with Gasteiger partial charge in [-0.1, -0.05) is 24.3 Å². The molecule has 0 aliphatic carbocycles. The standard InChI is InChI=1S/C21H30N2O/c1-14-5-3-4-6-20(14)17-9-15(2)23(13-17)21(24)12-16-10-18-7-8-19(11-16)22-18/h3-6,15-19,22H,7-13H2,1-2H3. The molecule has 3 aliphatic rings. The number of nitrogens with zero attached hydrogens (tertiary/aromatic N) is 1. The van der Waals surface area contributed by atoms with Crippen LogP contribution in [0.15, 0.2) is 24.3 Å². The number of fused-ring (bicyclic) bond motifs is 2. The van der Waals surface area contributed by atoms with Crippen LogP contribution < -0.4 is 5.32 Å². The summed E-state index contributed by atoms with van der Waals surface area (Å²) < 4.78 is 0. The fourth-order valence-corrected chi connectivity index (χ4v) is 5.35. The predicted octanol–water partition coefficient (Wildman–Crippen LogP) is 3.62. The molecule has 130 valence electrons. The fraction of sp³-hybridized carbons (Fsp3) is 0.667. The Morgan fingerprint density at radius 2 is 1.88 bits per heavy atom. The number of carbonyl (C=O) groups is 1. The SMILES string of the molecule is Cc1ccccc1C1CC(C)N(C(=O)CC2CC3CCC(C2)N3)C1. The van der Waals surface area contributed by atoms with Crippen LogP contribution in [0, 0.1) is 12.8 Å². The molecular weight excluding hydrogens is 296 g/mol. The van der Waals surface area contributed by atoms with Gasteiger partial charge in [-0.3, -0.25) is 4.79 Å². The molecule has 3 heterocycles. The number of amides is 1. The smallest absolute Gasteiger partial charge is 0.223 e. The second-order valence-corrected chi connectivity index (χ2v) is 8.36. The minimum absolute atomic E-state index is 0.376. The van der Waals surface area contributed by atoms with Crippen LogP contribution in [0.4, 0.5) is 0 Å². The largest absolute Gasteiger partial charge is 0.339 e. The number of hydrogen-bond donors (Lipinski definition) is 1. The lowest BCUT2D eigenvalue weighted by molar-refractivity contribution is -0.133. The first-order chi connectivity index (χ1) is 11.6. The monoisotopic (exact) mass is 326 g/mol. The minimum atomic E-state index is 0.376. The highest BCUT2D eigenvalue weighted by Gasteiger charge is 2.38. The maximum Gasteiger partial charge on any atom is 0.223 e. The predicted molar refractivity (Wildman–Crippen MR) is 97.0 cm³/mol. The van der Waals surface area contributed by atoms with Crippen LogP contribution in [0.25, 0.3) is 0 Å². The summed E-state index contributed by atoms with van der Waals surface area (Å²) in [7, 11) is 0. The molecule has 3 saturated heterocycles. The summed E-state index contributed by atoms with van der Waals surface area (Å²) in [6.07, 6.45) is 6.89. The average molecular weight is 326 g/mol. The summed E-state index contributed by atoms with van der Waals surface area (Å²) >= 11 is 0. The molecule has 3 fully saturated rings. The van der Waals surface area contributed by atoms with Crippen molar-refractivity contribution >= 4 is 5.91 Å². The van der Waals surface area contributed by atoms with Gasteiger partial charge in [0.15, 0.2) is 0 Å². The number of hydrogen-bond acceptors (Lipinski definition) is 2. The van der Waals surface area contributed by atoms with Gasteiger partial charge in [0, 0.05) is 37.0 Å². The maximum atomic E-state index is 12.9. The van der Waals surface area contributed by atoms with E-state index >= 15 is 0 Å². The van der Waals surface area contributed by atoms with Crippen LogP contribution in [0.1, 0.15) is 62.5 Å². The highest BCUT2D eigenvalue weighted by Crippen LogP contribution is 2.36. The van der Waals surface area contributed by atoms with Gasteiger partial charge >= 0.3 is 0 Å². The minimum Gasteiger partial charge on any atom is -0.339 e. The number of carbonyl (C=O) groups excluding carboxylic acids is 1. The van der Waals surface area contributed by atoms with Gasteiger partial charge in [-0.2, -0.15) is 0 Å². The lowest BCUT2D eigenvalue weighted by atomic mass is 9.89. The Hall–Kier alpha value is -1.35. The first kappa shape index (κ1) is 16.1. The molecule has 0 saturated carbocycles. The normalized spacial score (nSPS) is 35.4. The van der Waals surface area contributed by atoms with Crippen LogP contribution in [-0.2, 0) is 4.79 Å². The highest BCUT2D eigenvalue weighted by atomic mass is 16.2. The third-order valence-corrected chi connectivity index (χ3v) is 6.56. The van der Waals surface area contributed by atoms with Gasteiger partial charge < -0.3 is 10.2 Å². The van der Waals surface area contributed by atoms with Crippen LogP contribution in [-0.4, -0.2) is 35.5 Å². The Morgan fingerprint density at radius 3 is 2.58 bits per heavy atom. The topological polar surface area (TPSA) is 32.3 Å². The summed E-state index contributed by atoms with van der Waals surface area (Å²) in [6.45, 7) is 5.32. The summed E-state index contributed by atoms with van der Waals surface area (Å²) in [5.74, 6) is 1.50. The van der Waals surface area contributed by atoms with Crippen molar-refractivity contribution in [2.75, 3.05) is 6.54 Å². The zero-order valence-electron chi connectivity index (χ0n) is 15.0. The number of likely N-dealkylation sites (tertiary alicyclic amines) is 1. The van der Waals surface area contributed by atoms with Crippen LogP contribution in [0.3, 0.4) is 0 Å². The number of aryl methyl sites for hydroxylation is 1. The molecule has 4 atom stereocenters. The van der Waals surface area contributed by atoms with Gasteiger partial charge in [-0.15, -0.1) is 0 Å². The van der Waals surface area contributed by atoms with Gasteiger partial charge in [-0.25, -0.2) is 0 Å². The number of benzene rings is 1. The molecule has 3 aliphatic heterocycles. The summed E-state index contributed by atoms with van der Waals surface area (Å²) in [5.41, 5.74) is 2.79. The van der Waals surface area contributed by atoms with Crippen LogP contribution in [0.2, 0.25) is 0 Å². The molecule has 1 amide bonds. The van der Waals surface area contributed by atoms with Crippen LogP contribution >= 0.6 is 0 Å². The Morgan fingerprint density at radius 1 is 1.17 bits per heavy atom. The third kappa shape index (κ3) is 3.11. The van der Waals surface area contributed by atoms with Crippen molar-refractivity contribution in [2.24, 2.45) is 5.92 Å². The fourth-order valence-electron chi connectivity index (χ4n) is 5.35. The molecule has 0 radical (unpaired) electrons. The molecule has 1 aromatic carbocycles. The molecule has 2 bridgehead atoms. The van der Waals surface area contributed by atoms with Crippen molar-refractivity contribution < 1.29 is 4.79 Å². The molecular formula is C21H30N2O. The molecule has 0 aromatic heterocycles. The molecule has 24 heavy (non-hydrogen) atoms. The van der Waals surface area contributed by atoms with Gasteiger partial charge in [0.25, 0.3) is 0 Å². The molecule has 3 nitrogen and oxygen atoms in total. The van der Waals surface area contributed by atoms with E-state index in [0.717, 1.165) is 19.4 Å². The second-order valence-electron chi connectivity index (χ2n) is 8.36. The highest BCUT2D eigenvalue weighted by molar-refractivity contribution is 5.77. The van der Waals surface area contributed by atoms with Crippen molar-refractivity contribution in [3.8, 4) is 0 Å². The van der Waals surface area contributed by atoms with E-state index < -0.39 is 0 Å². The van der Waals surface area contributed by atoms with Crippen LogP contribution in [0.5, 0.6) is 0 Å². The van der Waals surface area contributed by atoms with E-state index in [0.29, 0.717) is 35.9 Å². The second kappa shape index (κ2) is 6.51. The molecule has 3 heteroatoms. The van der Waals surface area contributed by atoms with Crippen molar-refractivity contribution in [1.29, 1.82) is 0 Å². The van der Waals surface area contributed by atoms with E-state index in [-0.39, 0.29) is 0 Å². The van der Waals surface area contributed by atoms with Gasteiger partial charge in [0.05, 0.1) is 0 Å². The van der Waals surface area contributed by atoms with E-state index in [2.05, 4.69) is 48.3 Å². The van der Waals surface area contributed by atoms with Crippen molar-refractivity contribution in [1.82, 2.24) is 10.2 Å². The van der Waals surface area contributed by atoms with E-state index in [4.69, 9.17) is 0 Å². The van der Waals surface area contributed by atoms with E-state index in [1.54, 1.807) is 0 Å². The molecule has 0 spiro atoms. The van der Waals surface area contributed by atoms with E-state index in [9.17, 15) is 4.79 Å². The molecule has 1 N–H and O–H groups in total.